The number of benzene rings is 1. The molecule has 0 radical (unpaired) electrons. The summed E-state index contributed by atoms with van der Waals surface area (Å²) in [6.07, 6.45) is -0.00735. The summed E-state index contributed by atoms with van der Waals surface area (Å²) in [5.74, 6) is -1.60. The van der Waals surface area contributed by atoms with Gasteiger partial charge >= 0.3 is 5.97 Å². The van der Waals surface area contributed by atoms with Crippen LogP contribution in [-0.2, 0) is 9.59 Å². The van der Waals surface area contributed by atoms with Gasteiger partial charge in [-0.05, 0) is 18.4 Å². The quantitative estimate of drug-likeness (QED) is 0.842. The van der Waals surface area contributed by atoms with Crippen LogP contribution in [0, 0.1) is 11.2 Å². The molecule has 0 aliphatic heterocycles. The van der Waals surface area contributed by atoms with E-state index in [9.17, 15) is 14.0 Å². The van der Waals surface area contributed by atoms with Gasteiger partial charge < -0.3 is 10.4 Å². The Morgan fingerprint density at radius 2 is 1.90 bits per heavy atom. The summed E-state index contributed by atoms with van der Waals surface area (Å²) < 4.78 is 13.6. The van der Waals surface area contributed by atoms with Crippen LogP contribution in [-0.4, -0.2) is 17.0 Å². The first kappa shape index (κ1) is 16.1. The molecular formula is C15H20FNO3. The molecule has 1 amide bonds. The molecule has 0 saturated carbocycles. The van der Waals surface area contributed by atoms with Gasteiger partial charge in [-0.3, -0.25) is 9.59 Å². The lowest BCUT2D eigenvalue weighted by Gasteiger charge is -2.23. The Labute approximate surface area is 118 Å². The lowest BCUT2D eigenvalue weighted by atomic mass is 9.85. The third-order valence-corrected chi connectivity index (χ3v) is 3.02. The number of hydrogen-bond acceptors (Lipinski definition) is 2. The lowest BCUT2D eigenvalue weighted by molar-refractivity contribution is -0.139. The van der Waals surface area contributed by atoms with E-state index in [0.717, 1.165) is 0 Å². The van der Waals surface area contributed by atoms with E-state index in [0.29, 0.717) is 5.56 Å². The van der Waals surface area contributed by atoms with Crippen molar-refractivity contribution in [3.63, 3.8) is 0 Å². The number of nitrogens with one attached hydrogen (secondary N) is 1. The van der Waals surface area contributed by atoms with Gasteiger partial charge in [0.05, 0.1) is 12.5 Å². The highest BCUT2D eigenvalue weighted by molar-refractivity contribution is 5.78. The van der Waals surface area contributed by atoms with Gasteiger partial charge in [-0.15, -0.1) is 0 Å². The minimum atomic E-state index is -0.940. The van der Waals surface area contributed by atoms with E-state index in [1.54, 1.807) is 39.0 Å². The normalized spacial score (nSPS) is 12.8. The maximum Gasteiger partial charge on any atom is 0.303 e. The largest absolute Gasteiger partial charge is 0.481 e. The molecule has 5 heteroatoms. The number of carboxylic acid groups (broad SMARTS) is 1. The van der Waals surface area contributed by atoms with E-state index < -0.39 is 17.4 Å². The summed E-state index contributed by atoms with van der Waals surface area (Å²) in [6.45, 7) is 5.13. The fourth-order valence-electron chi connectivity index (χ4n) is 2.10. The van der Waals surface area contributed by atoms with Crippen molar-refractivity contribution in [2.24, 2.45) is 5.41 Å². The van der Waals surface area contributed by atoms with E-state index in [1.807, 2.05) is 0 Å². The Hall–Kier alpha value is -1.91. The molecule has 0 bridgehead atoms. The molecule has 1 aromatic carbocycles. The van der Waals surface area contributed by atoms with E-state index in [-0.39, 0.29) is 24.6 Å². The number of carbonyl (C=O) groups is 2. The first-order chi connectivity index (χ1) is 9.21. The van der Waals surface area contributed by atoms with Crippen molar-refractivity contribution < 1.29 is 19.1 Å². The van der Waals surface area contributed by atoms with Gasteiger partial charge in [-0.25, -0.2) is 4.39 Å². The zero-order chi connectivity index (χ0) is 15.3. The first-order valence-electron chi connectivity index (χ1n) is 6.47. The van der Waals surface area contributed by atoms with Crippen LogP contribution < -0.4 is 5.32 Å². The standard InChI is InChI=1S/C15H20FNO3/c1-10(11-6-4-5-7-12(11)16)17-13(18)8-15(2,3)9-14(19)20/h4-7,10H,8-9H2,1-3H3,(H,17,18)(H,19,20)/t10-/m0/s1. The number of halogens is 1. The Morgan fingerprint density at radius 3 is 2.45 bits per heavy atom. The molecule has 0 saturated heterocycles. The second-order valence-electron chi connectivity index (χ2n) is 5.72. The van der Waals surface area contributed by atoms with Gasteiger partial charge in [0, 0.05) is 12.0 Å². The average molecular weight is 281 g/mol. The molecule has 110 valence electrons. The number of amides is 1. The van der Waals surface area contributed by atoms with Gasteiger partial charge in [-0.1, -0.05) is 32.0 Å². The molecule has 0 aliphatic carbocycles. The third kappa shape index (κ3) is 4.99. The Bertz CT molecular complexity index is 500. The van der Waals surface area contributed by atoms with Gasteiger partial charge in [-0.2, -0.15) is 0 Å². The van der Waals surface area contributed by atoms with Gasteiger partial charge in [0.25, 0.3) is 0 Å². The number of rotatable bonds is 6. The topological polar surface area (TPSA) is 66.4 Å². The highest BCUT2D eigenvalue weighted by Crippen LogP contribution is 2.25. The SMILES string of the molecule is C[C@H](NC(=O)CC(C)(C)CC(=O)O)c1ccccc1F. The molecule has 0 fully saturated rings. The fraction of sp³-hybridized carbons (Fsp3) is 0.467. The Kier molecular flexibility index (Phi) is 5.25. The first-order valence-corrected chi connectivity index (χ1v) is 6.47. The van der Waals surface area contributed by atoms with Gasteiger partial charge in [0.1, 0.15) is 5.82 Å². The number of carbonyl (C=O) groups excluding carboxylic acids is 1. The van der Waals surface area contributed by atoms with E-state index in [4.69, 9.17) is 5.11 Å². The second kappa shape index (κ2) is 6.50. The fourth-order valence-corrected chi connectivity index (χ4v) is 2.10. The minimum Gasteiger partial charge on any atom is -0.481 e. The zero-order valence-corrected chi connectivity index (χ0v) is 11.9. The van der Waals surface area contributed by atoms with Gasteiger partial charge in [0.15, 0.2) is 0 Å². The monoisotopic (exact) mass is 281 g/mol. The van der Waals surface area contributed by atoms with Crippen LogP contribution in [0.15, 0.2) is 24.3 Å². The smallest absolute Gasteiger partial charge is 0.303 e. The molecule has 1 atom stereocenters. The maximum atomic E-state index is 13.6. The van der Waals surface area contributed by atoms with E-state index in [1.165, 1.54) is 6.07 Å². The predicted molar refractivity (Wildman–Crippen MR) is 73.6 cm³/mol. The van der Waals surface area contributed by atoms with E-state index in [2.05, 4.69) is 5.32 Å². The second-order valence-corrected chi connectivity index (χ2v) is 5.72. The predicted octanol–water partition coefficient (Wildman–Crippen LogP) is 2.89. The van der Waals surface area contributed by atoms with Crippen molar-refractivity contribution in [2.75, 3.05) is 0 Å². The third-order valence-electron chi connectivity index (χ3n) is 3.02. The molecule has 20 heavy (non-hydrogen) atoms. The summed E-state index contributed by atoms with van der Waals surface area (Å²) in [5, 5.41) is 11.5. The summed E-state index contributed by atoms with van der Waals surface area (Å²) >= 11 is 0. The van der Waals surface area contributed by atoms with Crippen LogP contribution in [0.1, 0.15) is 45.2 Å². The molecule has 4 nitrogen and oxygen atoms in total. The highest BCUT2D eigenvalue weighted by atomic mass is 19.1. The number of carboxylic acids is 1. The Balaban J connectivity index is 2.63. The summed E-state index contributed by atoms with van der Waals surface area (Å²) in [7, 11) is 0. The van der Waals surface area contributed by atoms with Crippen molar-refractivity contribution in [3.8, 4) is 0 Å². The van der Waals surface area contributed by atoms with Crippen LogP contribution in [0.4, 0.5) is 4.39 Å². The molecular weight excluding hydrogens is 261 g/mol. The molecule has 0 heterocycles. The minimum absolute atomic E-state index is 0.0814. The molecule has 1 rings (SSSR count). The number of aliphatic carboxylic acids is 1. The van der Waals surface area contributed by atoms with Crippen LogP contribution in [0.3, 0.4) is 0 Å². The van der Waals surface area contributed by atoms with Crippen LogP contribution in [0.5, 0.6) is 0 Å². The van der Waals surface area contributed by atoms with Crippen LogP contribution in [0.2, 0.25) is 0 Å². The Morgan fingerprint density at radius 1 is 1.30 bits per heavy atom. The van der Waals surface area contributed by atoms with Crippen molar-refractivity contribution >= 4 is 11.9 Å². The molecule has 0 spiro atoms. The molecule has 1 aromatic rings. The lowest BCUT2D eigenvalue weighted by Crippen LogP contribution is -2.32. The number of hydrogen-bond donors (Lipinski definition) is 2. The van der Waals surface area contributed by atoms with Crippen molar-refractivity contribution in [2.45, 2.75) is 39.7 Å². The summed E-state index contributed by atoms with van der Waals surface area (Å²) in [4.78, 5) is 22.6. The summed E-state index contributed by atoms with van der Waals surface area (Å²) in [5.41, 5.74) is -0.220. The average Bonchev–Trinajstić information content (AvgIpc) is 2.25. The van der Waals surface area contributed by atoms with Gasteiger partial charge in [0.2, 0.25) is 5.91 Å². The molecule has 0 unspecified atom stereocenters. The maximum absolute atomic E-state index is 13.6. The van der Waals surface area contributed by atoms with Crippen molar-refractivity contribution in [1.82, 2.24) is 5.32 Å². The van der Waals surface area contributed by atoms with Crippen molar-refractivity contribution in [1.29, 1.82) is 0 Å². The summed E-state index contributed by atoms with van der Waals surface area (Å²) in [6, 6.07) is 5.79. The molecule has 0 aliphatic rings. The van der Waals surface area contributed by atoms with E-state index >= 15 is 0 Å². The van der Waals surface area contributed by atoms with Crippen LogP contribution in [0.25, 0.3) is 0 Å². The zero-order valence-electron chi connectivity index (χ0n) is 11.9. The van der Waals surface area contributed by atoms with Crippen molar-refractivity contribution in [3.05, 3.63) is 35.6 Å². The molecule has 2 N–H and O–H groups in total. The highest BCUT2D eigenvalue weighted by Gasteiger charge is 2.26. The molecule has 0 aromatic heterocycles. The van der Waals surface area contributed by atoms with Crippen LogP contribution >= 0.6 is 0 Å².